The fraction of sp³-hybridized carbons (Fsp3) is 0.500. The van der Waals surface area contributed by atoms with Gasteiger partial charge in [0.05, 0.1) is 6.54 Å². The van der Waals surface area contributed by atoms with Crippen LogP contribution in [0.4, 0.5) is 4.79 Å². The Bertz CT molecular complexity index is 482. The number of nitrogens with zero attached hydrogens (tertiary/aromatic N) is 2. The maximum Gasteiger partial charge on any atom is 0.326 e. The van der Waals surface area contributed by atoms with Crippen LogP contribution in [-0.2, 0) is 4.79 Å². The number of carbonyl (C=O) groups is 2. The van der Waals surface area contributed by atoms with Gasteiger partial charge < -0.3 is 19.3 Å². The molecule has 0 bridgehead atoms. The molecule has 1 fully saturated rings. The van der Waals surface area contributed by atoms with Gasteiger partial charge in [-0.1, -0.05) is 0 Å². The maximum absolute atomic E-state index is 12.0. The van der Waals surface area contributed by atoms with E-state index in [1.54, 1.807) is 7.05 Å². The molecule has 2 rings (SSSR count). The molecule has 98 valence electrons. The zero-order valence-corrected chi connectivity index (χ0v) is 10.6. The van der Waals surface area contributed by atoms with Crippen LogP contribution in [0.15, 0.2) is 16.5 Å². The molecule has 6 heteroatoms. The smallest absolute Gasteiger partial charge is 0.326 e. The van der Waals surface area contributed by atoms with Crippen LogP contribution in [0.2, 0.25) is 0 Å². The van der Waals surface area contributed by atoms with Gasteiger partial charge in [0.1, 0.15) is 23.6 Å². The first-order valence-corrected chi connectivity index (χ1v) is 5.74. The predicted molar refractivity (Wildman–Crippen MR) is 63.1 cm³/mol. The van der Waals surface area contributed by atoms with Crippen LogP contribution in [0.1, 0.15) is 24.5 Å². The molecule has 2 amide bonds. The number of amides is 2. The molecule has 1 aromatic heterocycles. The quantitative estimate of drug-likeness (QED) is 0.884. The molecule has 1 aliphatic heterocycles. The SMILES string of the molecule is Cc1ccc(C2CN(C(C)C(=O)O)C(=O)N2C)o1. The first kappa shape index (κ1) is 12.5. The molecule has 0 spiro atoms. The zero-order chi connectivity index (χ0) is 13.4. The van der Waals surface area contributed by atoms with E-state index in [4.69, 9.17) is 9.52 Å². The highest BCUT2D eigenvalue weighted by atomic mass is 16.4. The summed E-state index contributed by atoms with van der Waals surface area (Å²) in [4.78, 5) is 25.8. The van der Waals surface area contributed by atoms with E-state index < -0.39 is 12.0 Å². The number of furan rings is 1. The standard InChI is InChI=1S/C12H16N2O4/c1-7-4-5-10(18-7)9-6-14(8(2)11(15)16)12(17)13(9)3/h4-5,8-9H,6H2,1-3H3,(H,15,16). The molecule has 0 radical (unpaired) electrons. The summed E-state index contributed by atoms with van der Waals surface area (Å²) < 4.78 is 5.51. The van der Waals surface area contributed by atoms with Crippen LogP contribution in [0.25, 0.3) is 0 Å². The first-order chi connectivity index (χ1) is 8.41. The van der Waals surface area contributed by atoms with Crippen molar-refractivity contribution in [3.05, 3.63) is 23.7 Å². The molecule has 0 aliphatic carbocycles. The van der Waals surface area contributed by atoms with Crippen molar-refractivity contribution in [1.29, 1.82) is 0 Å². The Morgan fingerprint density at radius 3 is 2.72 bits per heavy atom. The number of carboxylic acids is 1. The van der Waals surface area contributed by atoms with Gasteiger partial charge in [-0.25, -0.2) is 9.59 Å². The monoisotopic (exact) mass is 252 g/mol. The first-order valence-electron chi connectivity index (χ1n) is 5.74. The van der Waals surface area contributed by atoms with Crippen molar-refractivity contribution in [2.24, 2.45) is 0 Å². The summed E-state index contributed by atoms with van der Waals surface area (Å²) in [6.07, 6.45) is 0. The minimum absolute atomic E-state index is 0.229. The summed E-state index contributed by atoms with van der Waals surface area (Å²) >= 11 is 0. The van der Waals surface area contributed by atoms with E-state index in [0.717, 1.165) is 5.76 Å². The third kappa shape index (κ3) is 1.94. The third-order valence-corrected chi connectivity index (χ3v) is 3.30. The van der Waals surface area contributed by atoms with Crippen LogP contribution < -0.4 is 0 Å². The molecular formula is C12H16N2O4. The minimum atomic E-state index is -1.01. The van der Waals surface area contributed by atoms with E-state index in [2.05, 4.69) is 0 Å². The van der Waals surface area contributed by atoms with Gasteiger partial charge in [0.2, 0.25) is 0 Å². The lowest BCUT2D eigenvalue weighted by Gasteiger charge is -2.19. The van der Waals surface area contributed by atoms with Gasteiger partial charge in [0, 0.05) is 7.05 Å². The van der Waals surface area contributed by atoms with Crippen LogP contribution in [0.5, 0.6) is 0 Å². The number of hydrogen-bond donors (Lipinski definition) is 1. The van der Waals surface area contributed by atoms with Crippen LogP contribution in [0, 0.1) is 6.92 Å². The molecule has 0 saturated carbocycles. The minimum Gasteiger partial charge on any atom is -0.480 e. The Morgan fingerprint density at radius 1 is 1.56 bits per heavy atom. The van der Waals surface area contributed by atoms with Crippen molar-refractivity contribution in [2.45, 2.75) is 25.9 Å². The van der Waals surface area contributed by atoms with Crippen LogP contribution in [0.3, 0.4) is 0 Å². The highest BCUT2D eigenvalue weighted by molar-refractivity contribution is 5.84. The number of likely N-dealkylation sites (N-methyl/N-ethyl adjacent to an activating group) is 1. The van der Waals surface area contributed by atoms with Crippen molar-refractivity contribution in [3.8, 4) is 0 Å². The lowest BCUT2D eigenvalue weighted by Crippen LogP contribution is -2.41. The summed E-state index contributed by atoms with van der Waals surface area (Å²) in [5.74, 6) is 0.451. The summed E-state index contributed by atoms with van der Waals surface area (Å²) in [6.45, 7) is 3.66. The van der Waals surface area contributed by atoms with E-state index in [-0.39, 0.29) is 12.1 Å². The van der Waals surface area contributed by atoms with Crippen molar-refractivity contribution >= 4 is 12.0 Å². The van der Waals surface area contributed by atoms with Gasteiger partial charge in [-0.2, -0.15) is 0 Å². The molecule has 2 heterocycles. The van der Waals surface area contributed by atoms with Gasteiger partial charge in [0.25, 0.3) is 0 Å². The summed E-state index contributed by atoms with van der Waals surface area (Å²) in [6, 6.07) is 2.30. The molecule has 1 aromatic rings. The average molecular weight is 252 g/mol. The van der Waals surface area contributed by atoms with Gasteiger partial charge >= 0.3 is 12.0 Å². The van der Waals surface area contributed by atoms with E-state index in [1.165, 1.54) is 16.7 Å². The normalized spacial score (nSPS) is 21.5. The van der Waals surface area contributed by atoms with Gasteiger partial charge in [-0.3, -0.25) is 0 Å². The lowest BCUT2D eigenvalue weighted by atomic mass is 10.2. The predicted octanol–water partition coefficient (Wildman–Crippen LogP) is 1.47. The summed E-state index contributed by atoms with van der Waals surface area (Å²) in [5.41, 5.74) is 0. The number of carboxylic acid groups (broad SMARTS) is 1. The Labute approximate surface area is 105 Å². The van der Waals surface area contributed by atoms with E-state index in [9.17, 15) is 9.59 Å². The van der Waals surface area contributed by atoms with Gasteiger partial charge in [0.15, 0.2) is 0 Å². The van der Waals surface area contributed by atoms with E-state index in [0.29, 0.717) is 12.3 Å². The largest absolute Gasteiger partial charge is 0.480 e. The third-order valence-electron chi connectivity index (χ3n) is 3.30. The Morgan fingerprint density at radius 2 is 2.22 bits per heavy atom. The molecule has 6 nitrogen and oxygen atoms in total. The second kappa shape index (κ2) is 4.36. The van der Waals surface area contributed by atoms with Gasteiger partial charge in [-0.15, -0.1) is 0 Å². The Kier molecular flexibility index (Phi) is 3.02. The average Bonchev–Trinajstić information content (AvgIpc) is 2.85. The molecule has 0 aromatic carbocycles. The molecule has 1 N–H and O–H groups in total. The van der Waals surface area contributed by atoms with Gasteiger partial charge in [-0.05, 0) is 26.0 Å². The van der Waals surface area contributed by atoms with E-state index >= 15 is 0 Å². The molecule has 2 unspecified atom stereocenters. The van der Waals surface area contributed by atoms with Crippen molar-refractivity contribution in [1.82, 2.24) is 9.80 Å². The number of rotatable bonds is 3. The number of carbonyl (C=O) groups excluding carboxylic acids is 1. The summed E-state index contributed by atoms with van der Waals surface area (Å²) in [5, 5.41) is 8.97. The second-order valence-electron chi connectivity index (χ2n) is 4.52. The highest BCUT2D eigenvalue weighted by Crippen LogP contribution is 2.30. The van der Waals surface area contributed by atoms with Crippen molar-refractivity contribution < 1.29 is 19.1 Å². The lowest BCUT2D eigenvalue weighted by molar-refractivity contribution is -0.141. The molecule has 2 atom stereocenters. The highest BCUT2D eigenvalue weighted by Gasteiger charge is 2.41. The number of hydrogen-bond acceptors (Lipinski definition) is 3. The molecular weight excluding hydrogens is 236 g/mol. The number of aliphatic carboxylic acids is 1. The van der Waals surface area contributed by atoms with Crippen molar-refractivity contribution in [2.75, 3.05) is 13.6 Å². The molecule has 1 aliphatic rings. The molecule has 18 heavy (non-hydrogen) atoms. The fourth-order valence-corrected chi connectivity index (χ4v) is 2.09. The Balaban J connectivity index is 2.22. The topological polar surface area (TPSA) is 74.0 Å². The van der Waals surface area contributed by atoms with E-state index in [1.807, 2.05) is 19.1 Å². The van der Waals surface area contributed by atoms with Crippen molar-refractivity contribution in [3.63, 3.8) is 0 Å². The van der Waals surface area contributed by atoms with Crippen LogP contribution >= 0.6 is 0 Å². The summed E-state index contributed by atoms with van der Waals surface area (Å²) in [7, 11) is 1.65. The number of urea groups is 1. The van der Waals surface area contributed by atoms with Crippen LogP contribution in [-0.4, -0.2) is 46.5 Å². The second-order valence-corrected chi connectivity index (χ2v) is 4.52. The zero-order valence-electron chi connectivity index (χ0n) is 10.6. The fourth-order valence-electron chi connectivity index (χ4n) is 2.09. The number of aryl methyl sites for hydroxylation is 1. The molecule has 1 saturated heterocycles. The Hall–Kier alpha value is -1.98. The maximum atomic E-state index is 12.0.